The van der Waals surface area contributed by atoms with Crippen LogP contribution >= 0.6 is 0 Å². The van der Waals surface area contributed by atoms with Crippen LogP contribution in [0.4, 0.5) is 5.69 Å². The van der Waals surface area contributed by atoms with E-state index in [1.165, 1.54) is 18.2 Å². The van der Waals surface area contributed by atoms with Crippen molar-refractivity contribution in [3.63, 3.8) is 0 Å². The summed E-state index contributed by atoms with van der Waals surface area (Å²) in [6.45, 7) is 0.109. The molecule has 0 aliphatic carbocycles. The van der Waals surface area contributed by atoms with Crippen molar-refractivity contribution in [1.29, 1.82) is 5.26 Å². The number of nitrogen functional groups attached to an aromatic ring is 1. The summed E-state index contributed by atoms with van der Waals surface area (Å²) in [5, 5.41) is 12.7. The van der Waals surface area contributed by atoms with Crippen molar-refractivity contribution in [2.24, 2.45) is 7.05 Å². The molecule has 0 aliphatic rings. The first kappa shape index (κ1) is 14.0. The quantitative estimate of drug-likeness (QED) is 0.789. The van der Waals surface area contributed by atoms with Crippen LogP contribution in [0.3, 0.4) is 0 Å². The maximum atomic E-state index is 12.2. The molecule has 1 aromatic carbocycles. The average Bonchev–Trinajstić information content (AvgIpc) is 2.81. The summed E-state index contributed by atoms with van der Waals surface area (Å²) in [4.78, 5) is -0.0429. The van der Waals surface area contributed by atoms with Crippen molar-refractivity contribution in [3.8, 4) is 6.07 Å². The number of aromatic nitrogens is 2. The molecule has 0 fully saturated rings. The highest BCUT2D eigenvalue weighted by Crippen LogP contribution is 2.19. The molecule has 20 heavy (non-hydrogen) atoms. The van der Waals surface area contributed by atoms with Crippen LogP contribution in [0.2, 0.25) is 0 Å². The number of anilines is 1. The molecule has 8 heteroatoms. The van der Waals surface area contributed by atoms with Crippen molar-refractivity contribution in [2.45, 2.75) is 11.4 Å². The molecule has 0 saturated heterocycles. The van der Waals surface area contributed by atoms with Crippen molar-refractivity contribution >= 4 is 15.7 Å². The summed E-state index contributed by atoms with van der Waals surface area (Å²) in [6.07, 6.45) is 1.58. The maximum Gasteiger partial charge on any atom is 0.242 e. The van der Waals surface area contributed by atoms with Gasteiger partial charge in [0.15, 0.2) is 0 Å². The molecular formula is C12H13N5O2S. The molecule has 0 unspecified atom stereocenters. The molecule has 104 valence electrons. The van der Waals surface area contributed by atoms with E-state index < -0.39 is 10.0 Å². The fourth-order valence-corrected chi connectivity index (χ4v) is 2.79. The molecule has 0 bridgehead atoms. The molecule has 0 amide bonds. The third-order valence-corrected chi connectivity index (χ3v) is 4.27. The van der Waals surface area contributed by atoms with Crippen LogP contribution in [0.5, 0.6) is 0 Å². The highest BCUT2D eigenvalue weighted by molar-refractivity contribution is 7.89. The minimum absolute atomic E-state index is 0.0429. The zero-order chi connectivity index (χ0) is 14.8. The van der Waals surface area contributed by atoms with Gasteiger partial charge in [-0.3, -0.25) is 4.68 Å². The van der Waals surface area contributed by atoms with Gasteiger partial charge in [-0.2, -0.15) is 10.4 Å². The minimum atomic E-state index is -3.73. The molecule has 0 spiro atoms. The summed E-state index contributed by atoms with van der Waals surface area (Å²) >= 11 is 0. The van der Waals surface area contributed by atoms with Crippen molar-refractivity contribution in [3.05, 3.63) is 41.7 Å². The van der Waals surface area contributed by atoms with Gasteiger partial charge in [-0.05, 0) is 24.3 Å². The van der Waals surface area contributed by atoms with Crippen LogP contribution in [0, 0.1) is 11.3 Å². The van der Waals surface area contributed by atoms with Crippen molar-refractivity contribution < 1.29 is 8.42 Å². The number of aryl methyl sites for hydroxylation is 1. The number of hydrogen-bond donors (Lipinski definition) is 2. The Morgan fingerprint density at radius 2 is 2.20 bits per heavy atom. The van der Waals surface area contributed by atoms with E-state index in [2.05, 4.69) is 9.82 Å². The molecule has 1 heterocycles. The first-order chi connectivity index (χ1) is 9.44. The van der Waals surface area contributed by atoms with E-state index in [4.69, 9.17) is 11.0 Å². The van der Waals surface area contributed by atoms with Crippen LogP contribution in [-0.2, 0) is 23.6 Å². The van der Waals surface area contributed by atoms with Gasteiger partial charge in [0, 0.05) is 13.2 Å². The van der Waals surface area contributed by atoms with Gasteiger partial charge in [0.2, 0.25) is 10.0 Å². The molecule has 2 rings (SSSR count). The van der Waals surface area contributed by atoms with E-state index in [0.717, 1.165) is 5.69 Å². The smallest absolute Gasteiger partial charge is 0.242 e. The third kappa shape index (κ3) is 2.79. The Balaban J connectivity index is 2.23. The largest absolute Gasteiger partial charge is 0.398 e. The Labute approximate surface area is 116 Å². The minimum Gasteiger partial charge on any atom is -0.398 e. The summed E-state index contributed by atoms with van der Waals surface area (Å²) < 4.78 is 28.3. The van der Waals surface area contributed by atoms with Gasteiger partial charge >= 0.3 is 0 Å². The molecule has 1 aromatic heterocycles. The molecule has 3 N–H and O–H groups in total. The Kier molecular flexibility index (Phi) is 3.74. The zero-order valence-electron chi connectivity index (χ0n) is 10.7. The molecule has 0 atom stereocenters. The van der Waals surface area contributed by atoms with E-state index in [-0.39, 0.29) is 17.1 Å². The van der Waals surface area contributed by atoms with E-state index >= 15 is 0 Å². The van der Waals surface area contributed by atoms with Gasteiger partial charge in [0.25, 0.3) is 0 Å². The first-order valence-corrected chi connectivity index (χ1v) is 7.18. The van der Waals surface area contributed by atoms with Crippen LogP contribution < -0.4 is 10.5 Å². The SMILES string of the molecule is Cn1nccc1CNS(=O)(=O)c1ccc(C#N)cc1N. The molecular weight excluding hydrogens is 278 g/mol. The lowest BCUT2D eigenvalue weighted by molar-refractivity contribution is 0.577. The van der Waals surface area contributed by atoms with Gasteiger partial charge < -0.3 is 5.73 Å². The number of nitrogens with two attached hydrogens (primary N) is 1. The monoisotopic (exact) mass is 291 g/mol. The Morgan fingerprint density at radius 1 is 1.45 bits per heavy atom. The van der Waals surface area contributed by atoms with E-state index in [0.29, 0.717) is 5.56 Å². The highest BCUT2D eigenvalue weighted by atomic mass is 32.2. The maximum absolute atomic E-state index is 12.2. The number of hydrogen-bond acceptors (Lipinski definition) is 5. The van der Waals surface area contributed by atoms with E-state index in [1.807, 2.05) is 6.07 Å². The molecule has 7 nitrogen and oxygen atoms in total. The first-order valence-electron chi connectivity index (χ1n) is 5.70. The zero-order valence-corrected chi connectivity index (χ0v) is 11.6. The number of sulfonamides is 1. The topological polar surface area (TPSA) is 114 Å². The lowest BCUT2D eigenvalue weighted by atomic mass is 10.2. The molecule has 0 aliphatic heterocycles. The van der Waals surface area contributed by atoms with Gasteiger partial charge in [-0.1, -0.05) is 0 Å². The number of nitrogens with one attached hydrogen (secondary N) is 1. The molecule has 0 radical (unpaired) electrons. The Hall–Kier alpha value is -2.37. The molecule has 2 aromatic rings. The predicted molar refractivity (Wildman–Crippen MR) is 72.8 cm³/mol. The summed E-state index contributed by atoms with van der Waals surface area (Å²) in [7, 11) is -2.01. The van der Waals surface area contributed by atoms with Gasteiger partial charge in [0.05, 0.1) is 29.6 Å². The number of rotatable bonds is 4. The second-order valence-electron chi connectivity index (χ2n) is 4.14. The number of nitrogens with zero attached hydrogens (tertiary/aromatic N) is 3. The van der Waals surface area contributed by atoms with Crippen LogP contribution in [0.25, 0.3) is 0 Å². The second-order valence-corrected chi connectivity index (χ2v) is 5.87. The standard InChI is InChI=1S/C12H13N5O2S/c1-17-10(4-5-15-17)8-16-20(18,19)12-3-2-9(7-13)6-11(12)14/h2-6,16H,8,14H2,1H3. The summed E-state index contributed by atoms with van der Waals surface area (Å²) in [5.41, 5.74) is 6.75. The fraction of sp³-hybridized carbons (Fsp3) is 0.167. The Morgan fingerprint density at radius 3 is 2.75 bits per heavy atom. The number of benzene rings is 1. The summed E-state index contributed by atoms with van der Waals surface area (Å²) in [5.74, 6) is 0. The Bertz CT molecular complexity index is 773. The van der Waals surface area contributed by atoms with Crippen molar-refractivity contribution in [1.82, 2.24) is 14.5 Å². The summed E-state index contributed by atoms with van der Waals surface area (Å²) in [6, 6.07) is 7.68. The van der Waals surface area contributed by atoms with E-state index in [1.54, 1.807) is 24.0 Å². The van der Waals surface area contributed by atoms with Gasteiger partial charge in [-0.15, -0.1) is 0 Å². The van der Waals surface area contributed by atoms with Crippen LogP contribution in [-0.4, -0.2) is 18.2 Å². The normalized spacial score (nSPS) is 11.2. The van der Waals surface area contributed by atoms with Gasteiger partial charge in [0.1, 0.15) is 4.90 Å². The van der Waals surface area contributed by atoms with Gasteiger partial charge in [-0.25, -0.2) is 13.1 Å². The lowest BCUT2D eigenvalue weighted by Crippen LogP contribution is -2.25. The average molecular weight is 291 g/mol. The third-order valence-electron chi connectivity index (χ3n) is 2.79. The predicted octanol–water partition coefficient (Wildman–Crippen LogP) is 0.352. The fourth-order valence-electron chi connectivity index (χ4n) is 1.68. The van der Waals surface area contributed by atoms with Crippen LogP contribution in [0.1, 0.15) is 11.3 Å². The molecule has 0 saturated carbocycles. The second kappa shape index (κ2) is 5.32. The van der Waals surface area contributed by atoms with Crippen LogP contribution in [0.15, 0.2) is 35.4 Å². The number of nitriles is 1. The van der Waals surface area contributed by atoms with E-state index in [9.17, 15) is 8.42 Å². The highest BCUT2D eigenvalue weighted by Gasteiger charge is 2.18. The lowest BCUT2D eigenvalue weighted by Gasteiger charge is -2.09. The van der Waals surface area contributed by atoms with Crippen molar-refractivity contribution in [2.75, 3.05) is 5.73 Å².